The number of carbonyl (C=O) groups is 2. The van der Waals surface area contributed by atoms with Crippen LogP contribution in [0.4, 0.5) is 0 Å². The van der Waals surface area contributed by atoms with Gasteiger partial charge in [0.1, 0.15) is 5.78 Å². The van der Waals surface area contributed by atoms with Crippen LogP contribution in [-0.2, 0) is 9.59 Å². The molecule has 3 nitrogen and oxygen atoms in total. The molecule has 0 saturated carbocycles. The van der Waals surface area contributed by atoms with Crippen molar-refractivity contribution in [2.45, 2.75) is 13.3 Å². The van der Waals surface area contributed by atoms with Crippen LogP contribution < -0.4 is 5.32 Å². The van der Waals surface area contributed by atoms with Gasteiger partial charge >= 0.3 is 0 Å². The summed E-state index contributed by atoms with van der Waals surface area (Å²) in [5.74, 6) is 0.575. The van der Waals surface area contributed by atoms with Gasteiger partial charge in [-0.2, -0.15) is 11.8 Å². The molecule has 0 unspecified atom stereocenters. The van der Waals surface area contributed by atoms with E-state index in [9.17, 15) is 9.59 Å². The lowest BCUT2D eigenvalue weighted by Crippen LogP contribution is -2.27. The molecule has 0 aliphatic rings. The molecule has 0 bridgehead atoms. The Morgan fingerprint density at radius 1 is 1.45 bits per heavy atom. The molecule has 0 spiro atoms. The average molecular weight is 175 g/mol. The summed E-state index contributed by atoms with van der Waals surface area (Å²) >= 11 is 1.47. The first-order valence-electron chi connectivity index (χ1n) is 3.42. The van der Waals surface area contributed by atoms with E-state index in [0.29, 0.717) is 18.7 Å². The first kappa shape index (κ1) is 10.5. The van der Waals surface area contributed by atoms with E-state index in [1.165, 1.54) is 18.7 Å². The number of hydrogen-bond donors (Lipinski definition) is 1. The Balaban J connectivity index is 3.24. The maximum absolute atomic E-state index is 10.8. The van der Waals surface area contributed by atoms with Gasteiger partial charge in [-0.25, -0.2) is 0 Å². The molecular formula is C7H13NO2S. The summed E-state index contributed by atoms with van der Waals surface area (Å²) in [4.78, 5) is 21.2. The van der Waals surface area contributed by atoms with Crippen molar-refractivity contribution in [1.82, 2.24) is 5.32 Å². The monoisotopic (exact) mass is 175 g/mol. The van der Waals surface area contributed by atoms with E-state index in [-0.39, 0.29) is 11.7 Å². The SMILES string of the molecule is CSCC(=O)NCCC(C)=O. The molecule has 0 aromatic carbocycles. The third-order valence-corrected chi connectivity index (χ3v) is 1.63. The van der Waals surface area contributed by atoms with E-state index < -0.39 is 0 Å². The van der Waals surface area contributed by atoms with Crippen molar-refractivity contribution in [2.75, 3.05) is 18.6 Å². The molecule has 1 N–H and O–H groups in total. The van der Waals surface area contributed by atoms with Crippen LogP contribution in [-0.4, -0.2) is 30.2 Å². The number of carbonyl (C=O) groups excluding carboxylic acids is 2. The summed E-state index contributed by atoms with van der Waals surface area (Å²) in [7, 11) is 0. The Hall–Kier alpha value is -0.510. The predicted molar refractivity (Wildman–Crippen MR) is 46.7 cm³/mol. The molecule has 11 heavy (non-hydrogen) atoms. The van der Waals surface area contributed by atoms with Crippen LogP contribution in [0.15, 0.2) is 0 Å². The van der Waals surface area contributed by atoms with Gasteiger partial charge in [0.05, 0.1) is 5.75 Å². The first-order valence-corrected chi connectivity index (χ1v) is 4.81. The van der Waals surface area contributed by atoms with Crippen molar-refractivity contribution in [2.24, 2.45) is 0 Å². The van der Waals surface area contributed by atoms with Gasteiger partial charge in [0.15, 0.2) is 0 Å². The summed E-state index contributed by atoms with van der Waals surface area (Å²) in [5, 5.41) is 2.63. The highest BCUT2D eigenvalue weighted by Gasteiger charge is 1.98. The summed E-state index contributed by atoms with van der Waals surface area (Å²) in [5.41, 5.74) is 0. The lowest BCUT2D eigenvalue weighted by molar-refractivity contribution is -0.119. The fraction of sp³-hybridized carbons (Fsp3) is 0.714. The minimum Gasteiger partial charge on any atom is -0.355 e. The Kier molecular flexibility index (Phi) is 5.93. The van der Waals surface area contributed by atoms with Crippen LogP contribution in [0.2, 0.25) is 0 Å². The molecule has 0 aromatic rings. The maximum Gasteiger partial charge on any atom is 0.229 e. The highest BCUT2D eigenvalue weighted by Crippen LogP contribution is 1.89. The zero-order valence-electron chi connectivity index (χ0n) is 6.85. The van der Waals surface area contributed by atoms with Gasteiger partial charge in [-0.05, 0) is 13.2 Å². The number of Topliss-reactive ketones (excluding diaryl/α,β-unsaturated/α-hetero) is 1. The smallest absolute Gasteiger partial charge is 0.229 e. The largest absolute Gasteiger partial charge is 0.355 e. The number of nitrogens with one attached hydrogen (secondary N) is 1. The van der Waals surface area contributed by atoms with Crippen LogP contribution in [0.3, 0.4) is 0 Å². The lowest BCUT2D eigenvalue weighted by atomic mass is 10.3. The quantitative estimate of drug-likeness (QED) is 0.659. The van der Waals surface area contributed by atoms with Crippen molar-refractivity contribution in [3.8, 4) is 0 Å². The number of hydrogen-bond acceptors (Lipinski definition) is 3. The Bertz CT molecular complexity index is 147. The van der Waals surface area contributed by atoms with Crippen molar-refractivity contribution in [1.29, 1.82) is 0 Å². The standard InChI is InChI=1S/C7H13NO2S/c1-6(9)3-4-8-7(10)5-11-2/h3-5H2,1-2H3,(H,8,10). The minimum absolute atomic E-state index is 0.00116. The summed E-state index contributed by atoms with van der Waals surface area (Å²) in [6.45, 7) is 1.98. The minimum atomic E-state index is -0.00116. The second-order valence-corrected chi connectivity index (χ2v) is 3.10. The van der Waals surface area contributed by atoms with Crippen LogP contribution in [0, 0.1) is 0 Å². The highest BCUT2D eigenvalue weighted by molar-refractivity contribution is 7.99. The van der Waals surface area contributed by atoms with E-state index >= 15 is 0 Å². The number of thioether (sulfide) groups is 1. The van der Waals surface area contributed by atoms with E-state index in [1.807, 2.05) is 6.26 Å². The van der Waals surface area contributed by atoms with Crippen molar-refractivity contribution in [3.05, 3.63) is 0 Å². The molecule has 0 aliphatic carbocycles. The third kappa shape index (κ3) is 7.39. The first-order chi connectivity index (χ1) is 5.16. The molecule has 4 heteroatoms. The molecule has 0 fully saturated rings. The van der Waals surface area contributed by atoms with Crippen LogP contribution in [0.5, 0.6) is 0 Å². The second kappa shape index (κ2) is 6.22. The Morgan fingerprint density at radius 2 is 2.09 bits per heavy atom. The fourth-order valence-electron chi connectivity index (χ4n) is 0.560. The average Bonchev–Trinajstić information content (AvgIpc) is 1.87. The summed E-state index contributed by atoms with van der Waals surface area (Å²) in [6, 6.07) is 0. The van der Waals surface area contributed by atoms with Crippen molar-refractivity contribution in [3.63, 3.8) is 0 Å². The van der Waals surface area contributed by atoms with Crippen LogP contribution in [0.1, 0.15) is 13.3 Å². The highest BCUT2D eigenvalue weighted by atomic mass is 32.2. The van der Waals surface area contributed by atoms with Gasteiger partial charge in [0.25, 0.3) is 0 Å². The van der Waals surface area contributed by atoms with E-state index in [4.69, 9.17) is 0 Å². The van der Waals surface area contributed by atoms with E-state index in [0.717, 1.165) is 0 Å². The molecule has 0 aromatic heterocycles. The molecular weight excluding hydrogens is 162 g/mol. The van der Waals surface area contributed by atoms with Gasteiger partial charge in [0.2, 0.25) is 5.91 Å². The zero-order chi connectivity index (χ0) is 8.69. The van der Waals surface area contributed by atoms with Gasteiger partial charge in [-0.15, -0.1) is 0 Å². The molecule has 1 amide bonds. The maximum atomic E-state index is 10.8. The molecule has 0 atom stereocenters. The summed E-state index contributed by atoms with van der Waals surface area (Å²) < 4.78 is 0. The van der Waals surface area contributed by atoms with Crippen LogP contribution >= 0.6 is 11.8 Å². The van der Waals surface area contributed by atoms with Crippen LogP contribution in [0.25, 0.3) is 0 Å². The lowest BCUT2D eigenvalue weighted by Gasteiger charge is -2.00. The number of rotatable bonds is 5. The molecule has 0 radical (unpaired) electrons. The van der Waals surface area contributed by atoms with Crippen molar-refractivity contribution >= 4 is 23.5 Å². The molecule has 0 rings (SSSR count). The zero-order valence-corrected chi connectivity index (χ0v) is 7.66. The third-order valence-electron chi connectivity index (χ3n) is 1.07. The van der Waals surface area contributed by atoms with Gasteiger partial charge < -0.3 is 5.32 Å². The Morgan fingerprint density at radius 3 is 2.55 bits per heavy atom. The van der Waals surface area contributed by atoms with Gasteiger partial charge in [-0.3, -0.25) is 9.59 Å². The van der Waals surface area contributed by atoms with Gasteiger partial charge in [0, 0.05) is 13.0 Å². The number of amides is 1. The summed E-state index contributed by atoms with van der Waals surface area (Å²) in [6.07, 6.45) is 2.30. The van der Waals surface area contributed by atoms with E-state index in [2.05, 4.69) is 5.32 Å². The van der Waals surface area contributed by atoms with Crippen molar-refractivity contribution < 1.29 is 9.59 Å². The topological polar surface area (TPSA) is 46.2 Å². The van der Waals surface area contributed by atoms with E-state index in [1.54, 1.807) is 0 Å². The second-order valence-electron chi connectivity index (χ2n) is 2.23. The normalized spacial score (nSPS) is 9.27. The van der Waals surface area contributed by atoms with Gasteiger partial charge in [-0.1, -0.05) is 0 Å². The number of ketones is 1. The predicted octanol–water partition coefficient (Wildman–Crippen LogP) is 0.445. The molecule has 0 aliphatic heterocycles. The molecule has 0 saturated heterocycles. The Labute approximate surface area is 70.9 Å². The fourth-order valence-corrected chi connectivity index (χ4v) is 0.924. The molecule has 64 valence electrons. The molecule has 0 heterocycles.